The van der Waals surface area contributed by atoms with Crippen molar-refractivity contribution in [2.45, 2.75) is 39.7 Å². The summed E-state index contributed by atoms with van der Waals surface area (Å²) < 4.78 is 0. The van der Waals surface area contributed by atoms with E-state index in [1.165, 1.54) is 0 Å². The molecular weight excluding hydrogens is 308 g/mol. The quantitative estimate of drug-likeness (QED) is 0.745. The molecule has 0 spiro atoms. The lowest BCUT2D eigenvalue weighted by Crippen LogP contribution is -2.29. The standard InChI is InChI=1S/C18H24N2O4/c1-11(2)16(21)20-15-7-3-12(4-8-15)10-19-17(22)13-5-6-14(9-13)18(23)24/h3-4,7-8,11,13-14H,5-6,9-10H2,1-2H3,(H,19,22)(H,20,21)(H,23,24)/t13-,14+/m1/s1. The van der Waals surface area contributed by atoms with Crippen LogP contribution in [0.15, 0.2) is 24.3 Å². The number of carbonyl (C=O) groups excluding carboxylic acids is 2. The molecule has 0 saturated heterocycles. The van der Waals surface area contributed by atoms with Gasteiger partial charge in [0.25, 0.3) is 0 Å². The second-order valence-corrected chi connectivity index (χ2v) is 6.60. The van der Waals surface area contributed by atoms with Gasteiger partial charge in [0.2, 0.25) is 11.8 Å². The number of benzene rings is 1. The first-order chi connectivity index (χ1) is 11.4. The fourth-order valence-electron chi connectivity index (χ4n) is 2.77. The van der Waals surface area contributed by atoms with Gasteiger partial charge >= 0.3 is 5.97 Å². The second kappa shape index (κ2) is 7.95. The Morgan fingerprint density at radius 1 is 1.12 bits per heavy atom. The highest BCUT2D eigenvalue weighted by molar-refractivity contribution is 5.92. The molecule has 2 atom stereocenters. The van der Waals surface area contributed by atoms with Crippen molar-refractivity contribution in [2.24, 2.45) is 17.8 Å². The van der Waals surface area contributed by atoms with E-state index in [9.17, 15) is 14.4 Å². The summed E-state index contributed by atoms with van der Waals surface area (Å²) >= 11 is 0. The molecule has 1 fully saturated rings. The van der Waals surface area contributed by atoms with Gasteiger partial charge in [-0.05, 0) is 37.0 Å². The zero-order valence-corrected chi connectivity index (χ0v) is 14.0. The van der Waals surface area contributed by atoms with E-state index in [-0.39, 0.29) is 23.7 Å². The van der Waals surface area contributed by atoms with E-state index < -0.39 is 11.9 Å². The molecule has 1 aromatic carbocycles. The SMILES string of the molecule is CC(C)C(=O)Nc1ccc(CNC(=O)[C@@H]2CC[C@H](C(=O)O)C2)cc1. The molecule has 6 nitrogen and oxygen atoms in total. The van der Waals surface area contributed by atoms with Gasteiger partial charge in [0.1, 0.15) is 0 Å². The molecule has 1 aromatic rings. The summed E-state index contributed by atoms with van der Waals surface area (Å²) in [4.78, 5) is 34.7. The minimum Gasteiger partial charge on any atom is -0.481 e. The van der Waals surface area contributed by atoms with Crippen molar-refractivity contribution in [1.82, 2.24) is 5.32 Å². The first-order valence-corrected chi connectivity index (χ1v) is 8.27. The minimum atomic E-state index is -0.815. The van der Waals surface area contributed by atoms with Crippen LogP contribution in [0, 0.1) is 17.8 Å². The number of amides is 2. The predicted molar refractivity (Wildman–Crippen MR) is 90.2 cm³/mol. The molecule has 1 saturated carbocycles. The topological polar surface area (TPSA) is 95.5 Å². The van der Waals surface area contributed by atoms with E-state index in [1.54, 1.807) is 12.1 Å². The molecule has 130 valence electrons. The van der Waals surface area contributed by atoms with Gasteiger partial charge in [-0.3, -0.25) is 14.4 Å². The molecular formula is C18H24N2O4. The number of carboxylic acid groups (broad SMARTS) is 1. The van der Waals surface area contributed by atoms with Gasteiger partial charge in [0, 0.05) is 24.1 Å². The highest BCUT2D eigenvalue weighted by Gasteiger charge is 2.33. The van der Waals surface area contributed by atoms with Gasteiger partial charge in [-0.25, -0.2) is 0 Å². The molecule has 0 bridgehead atoms. The van der Waals surface area contributed by atoms with Crippen molar-refractivity contribution >= 4 is 23.5 Å². The van der Waals surface area contributed by atoms with E-state index in [1.807, 2.05) is 26.0 Å². The monoisotopic (exact) mass is 332 g/mol. The van der Waals surface area contributed by atoms with Crippen molar-refractivity contribution in [3.8, 4) is 0 Å². The Morgan fingerprint density at radius 2 is 1.75 bits per heavy atom. The molecule has 0 aliphatic heterocycles. The van der Waals surface area contributed by atoms with Crippen LogP contribution in [0.25, 0.3) is 0 Å². The zero-order chi connectivity index (χ0) is 17.7. The third-order valence-corrected chi connectivity index (χ3v) is 4.37. The molecule has 2 amide bonds. The Labute approximate surface area is 141 Å². The van der Waals surface area contributed by atoms with E-state index >= 15 is 0 Å². The maximum absolute atomic E-state index is 12.1. The number of nitrogens with one attached hydrogen (secondary N) is 2. The van der Waals surface area contributed by atoms with Gasteiger partial charge in [-0.15, -0.1) is 0 Å². The van der Waals surface area contributed by atoms with E-state index in [0.717, 1.165) is 11.3 Å². The van der Waals surface area contributed by atoms with Gasteiger partial charge in [-0.2, -0.15) is 0 Å². The maximum atomic E-state index is 12.1. The summed E-state index contributed by atoms with van der Waals surface area (Å²) in [5, 5.41) is 14.7. The van der Waals surface area contributed by atoms with Gasteiger partial charge in [0.15, 0.2) is 0 Å². The maximum Gasteiger partial charge on any atom is 0.306 e. The van der Waals surface area contributed by atoms with Crippen LogP contribution in [0.3, 0.4) is 0 Å². The number of carbonyl (C=O) groups is 3. The van der Waals surface area contributed by atoms with Crippen LogP contribution >= 0.6 is 0 Å². The highest BCUT2D eigenvalue weighted by atomic mass is 16.4. The van der Waals surface area contributed by atoms with Crippen molar-refractivity contribution in [3.05, 3.63) is 29.8 Å². The zero-order valence-electron chi connectivity index (χ0n) is 14.0. The van der Waals surface area contributed by atoms with Crippen LogP contribution in [0.4, 0.5) is 5.69 Å². The van der Waals surface area contributed by atoms with Gasteiger partial charge in [0.05, 0.1) is 5.92 Å². The summed E-state index contributed by atoms with van der Waals surface area (Å²) in [6.07, 6.45) is 1.61. The van der Waals surface area contributed by atoms with Crippen molar-refractivity contribution in [3.63, 3.8) is 0 Å². The lowest BCUT2D eigenvalue weighted by Gasteiger charge is -2.12. The van der Waals surface area contributed by atoms with Gasteiger partial charge in [-0.1, -0.05) is 26.0 Å². The molecule has 3 N–H and O–H groups in total. The average Bonchev–Trinajstić information content (AvgIpc) is 3.04. The number of carboxylic acids is 1. The first kappa shape index (κ1) is 18.0. The highest BCUT2D eigenvalue weighted by Crippen LogP contribution is 2.31. The number of hydrogen-bond donors (Lipinski definition) is 3. The Hall–Kier alpha value is -2.37. The second-order valence-electron chi connectivity index (χ2n) is 6.60. The molecule has 2 rings (SSSR count). The predicted octanol–water partition coefficient (Wildman–Crippen LogP) is 2.40. The average molecular weight is 332 g/mol. The fraction of sp³-hybridized carbons (Fsp3) is 0.500. The van der Waals surface area contributed by atoms with E-state index in [2.05, 4.69) is 10.6 Å². The van der Waals surface area contributed by atoms with Crippen LogP contribution in [0.5, 0.6) is 0 Å². The van der Waals surface area contributed by atoms with Crippen LogP contribution in [0.1, 0.15) is 38.7 Å². The Balaban J connectivity index is 1.81. The number of anilines is 1. The molecule has 1 aliphatic rings. The van der Waals surface area contributed by atoms with Crippen molar-refractivity contribution in [2.75, 3.05) is 5.32 Å². The third kappa shape index (κ3) is 4.81. The fourth-order valence-corrected chi connectivity index (χ4v) is 2.77. The largest absolute Gasteiger partial charge is 0.481 e. The van der Waals surface area contributed by atoms with Crippen LogP contribution in [0.2, 0.25) is 0 Å². The molecule has 0 aromatic heterocycles. The Morgan fingerprint density at radius 3 is 2.29 bits per heavy atom. The van der Waals surface area contributed by atoms with E-state index in [0.29, 0.717) is 25.8 Å². The van der Waals surface area contributed by atoms with Crippen LogP contribution in [-0.2, 0) is 20.9 Å². The molecule has 0 heterocycles. The summed E-state index contributed by atoms with van der Waals surface area (Å²) in [5.41, 5.74) is 1.66. The minimum absolute atomic E-state index is 0.0368. The lowest BCUT2D eigenvalue weighted by molar-refractivity contribution is -0.141. The molecule has 1 aliphatic carbocycles. The molecule has 0 unspecified atom stereocenters. The number of aliphatic carboxylic acids is 1. The van der Waals surface area contributed by atoms with E-state index in [4.69, 9.17) is 5.11 Å². The molecule has 0 radical (unpaired) electrons. The number of rotatable bonds is 6. The molecule has 6 heteroatoms. The Bertz CT molecular complexity index is 610. The summed E-state index contributed by atoms with van der Waals surface area (Å²) in [6.45, 7) is 4.06. The van der Waals surface area contributed by atoms with Crippen molar-refractivity contribution in [1.29, 1.82) is 0 Å². The third-order valence-electron chi connectivity index (χ3n) is 4.37. The van der Waals surface area contributed by atoms with Gasteiger partial charge < -0.3 is 15.7 Å². The lowest BCUT2D eigenvalue weighted by atomic mass is 10.0. The van der Waals surface area contributed by atoms with Crippen molar-refractivity contribution < 1.29 is 19.5 Å². The Kier molecular flexibility index (Phi) is 5.95. The summed E-state index contributed by atoms with van der Waals surface area (Å²) in [7, 11) is 0. The van der Waals surface area contributed by atoms with Crippen LogP contribution in [-0.4, -0.2) is 22.9 Å². The molecule has 24 heavy (non-hydrogen) atoms. The smallest absolute Gasteiger partial charge is 0.306 e. The van der Waals surface area contributed by atoms with Crippen LogP contribution < -0.4 is 10.6 Å². The summed E-state index contributed by atoms with van der Waals surface area (Å²) in [5.74, 6) is -1.63. The number of hydrogen-bond acceptors (Lipinski definition) is 3. The normalized spacial score (nSPS) is 20.0. The summed E-state index contributed by atoms with van der Waals surface area (Å²) in [6, 6.07) is 7.31. The first-order valence-electron chi connectivity index (χ1n) is 8.27.